The molecule has 0 aromatic rings. The van der Waals surface area contributed by atoms with E-state index in [0.717, 1.165) is 39.2 Å². The summed E-state index contributed by atoms with van der Waals surface area (Å²) in [5, 5.41) is 0. The molecular formula is C17H30N2OSi. The molecule has 0 amide bonds. The van der Waals surface area contributed by atoms with Gasteiger partial charge in [-0.3, -0.25) is 0 Å². The van der Waals surface area contributed by atoms with Crippen molar-refractivity contribution < 1.29 is 4.74 Å². The molecule has 21 heavy (non-hydrogen) atoms. The lowest BCUT2D eigenvalue weighted by Gasteiger charge is -2.42. The largest absolute Gasteiger partial charge is 0.379 e. The van der Waals surface area contributed by atoms with E-state index in [9.17, 15) is 0 Å². The topological polar surface area (TPSA) is 15.7 Å². The van der Waals surface area contributed by atoms with E-state index in [2.05, 4.69) is 35.4 Å². The van der Waals surface area contributed by atoms with Gasteiger partial charge in [-0.15, -0.1) is 26.3 Å². The Bertz CT molecular complexity index is 296. The lowest BCUT2D eigenvalue weighted by molar-refractivity contribution is 0.0509. The van der Waals surface area contributed by atoms with Gasteiger partial charge < -0.3 is 13.9 Å². The molecule has 1 unspecified atom stereocenters. The van der Waals surface area contributed by atoms with E-state index in [1.54, 1.807) is 0 Å². The quantitative estimate of drug-likeness (QED) is 0.431. The van der Waals surface area contributed by atoms with Crippen LogP contribution in [0, 0.1) is 0 Å². The zero-order valence-electron chi connectivity index (χ0n) is 13.3. The fourth-order valence-electron chi connectivity index (χ4n) is 2.95. The van der Waals surface area contributed by atoms with Crippen LogP contribution in [-0.2, 0) is 4.74 Å². The van der Waals surface area contributed by atoms with Gasteiger partial charge in [0, 0.05) is 32.8 Å². The van der Waals surface area contributed by atoms with Gasteiger partial charge in [0.25, 0.3) is 0 Å². The van der Waals surface area contributed by atoms with Crippen LogP contribution in [0.4, 0.5) is 0 Å². The first-order valence-electron chi connectivity index (χ1n) is 7.81. The van der Waals surface area contributed by atoms with Crippen LogP contribution < -0.4 is 0 Å². The summed E-state index contributed by atoms with van der Waals surface area (Å²) in [5.41, 5.74) is 0.360. The second kappa shape index (κ2) is 10.7. The van der Waals surface area contributed by atoms with Gasteiger partial charge in [0.15, 0.2) is 0 Å². The average molecular weight is 307 g/mol. The maximum absolute atomic E-state index is 6.13. The third-order valence-electron chi connectivity index (χ3n) is 3.75. The smallest absolute Gasteiger partial charge is 0.220 e. The van der Waals surface area contributed by atoms with Gasteiger partial charge in [0.2, 0.25) is 9.12 Å². The summed E-state index contributed by atoms with van der Waals surface area (Å²) in [5.74, 6) is 0. The number of rotatable bonds is 11. The summed E-state index contributed by atoms with van der Waals surface area (Å²) in [6.45, 7) is 20.1. The van der Waals surface area contributed by atoms with E-state index in [4.69, 9.17) is 4.74 Å². The Morgan fingerprint density at radius 2 is 1.33 bits per heavy atom. The van der Waals surface area contributed by atoms with Gasteiger partial charge in [0.05, 0.1) is 5.73 Å². The third kappa shape index (κ3) is 5.75. The molecule has 1 fully saturated rings. The van der Waals surface area contributed by atoms with Crippen LogP contribution in [0.15, 0.2) is 50.6 Å². The second-order valence-electron chi connectivity index (χ2n) is 5.38. The Kier molecular flexibility index (Phi) is 9.26. The lowest BCUT2D eigenvalue weighted by atomic mass is 10.2. The predicted octanol–water partition coefficient (Wildman–Crippen LogP) is 2.66. The Morgan fingerprint density at radius 1 is 0.857 bits per heavy atom. The van der Waals surface area contributed by atoms with Crippen molar-refractivity contribution in [1.82, 2.24) is 9.13 Å². The van der Waals surface area contributed by atoms with Crippen LogP contribution in [-0.4, -0.2) is 56.8 Å². The van der Waals surface area contributed by atoms with Crippen molar-refractivity contribution >= 4 is 9.12 Å². The molecule has 1 saturated heterocycles. The number of hydrogen-bond acceptors (Lipinski definition) is 3. The van der Waals surface area contributed by atoms with Gasteiger partial charge in [0.1, 0.15) is 0 Å². The number of hydrogen-bond donors (Lipinski definition) is 0. The van der Waals surface area contributed by atoms with E-state index >= 15 is 0 Å². The third-order valence-corrected chi connectivity index (χ3v) is 7.28. The number of nitrogens with zero attached hydrogens (tertiary/aromatic N) is 2. The minimum absolute atomic E-state index is 0.360. The molecule has 0 aromatic heterocycles. The molecule has 0 radical (unpaired) electrons. The first kappa shape index (κ1) is 18.1. The highest BCUT2D eigenvalue weighted by Crippen LogP contribution is 2.20. The standard InChI is InChI=1S/C17H30N2OSi/c1-5-12-18(13-6-2)21(17-11-9-10-16-20-17)19(14-7-3)15-8-4/h5-8,17,21H,1-4,9-16H2. The molecule has 0 bridgehead atoms. The molecular weight excluding hydrogens is 276 g/mol. The summed E-state index contributed by atoms with van der Waals surface area (Å²) < 4.78 is 11.1. The monoisotopic (exact) mass is 306 g/mol. The zero-order chi connectivity index (χ0) is 15.5. The van der Waals surface area contributed by atoms with Crippen molar-refractivity contribution in [2.24, 2.45) is 0 Å². The summed E-state index contributed by atoms with van der Waals surface area (Å²) in [7, 11) is -1.46. The van der Waals surface area contributed by atoms with Gasteiger partial charge in [-0.2, -0.15) is 0 Å². The summed E-state index contributed by atoms with van der Waals surface area (Å²) in [4.78, 5) is 0. The Labute approximate surface area is 132 Å². The van der Waals surface area contributed by atoms with Crippen molar-refractivity contribution in [1.29, 1.82) is 0 Å². The van der Waals surface area contributed by atoms with E-state index < -0.39 is 9.12 Å². The molecule has 3 nitrogen and oxygen atoms in total. The van der Waals surface area contributed by atoms with Gasteiger partial charge in [-0.05, 0) is 19.3 Å². The second-order valence-corrected chi connectivity index (χ2v) is 8.41. The van der Waals surface area contributed by atoms with Crippen molar-refractivity contribution in [3.05, 3.63) is 50.6 Å². The molecule has 0 N–H and O–H groups in total. The SMILES string of the molecule is C=CCN(CC=C)[SiH](C1CCCCO1)N(CC=C)CC=C. The molecule has 1 aliphatic heterocycles. The van der Waals surface area contributed by atoms with Crippen LogP contribution in [0.2, 0.25) is 0 Å². The molecule has 0 aliphatic carbocycles. The normalized spacial score (nSPS) is 18.9. The van der Waals surface area contributed by atoms with Gasteiger partial charge >= 0.3 is 0 Å². The Hall–Kier alpha value is -0.943. The molecule has 4 heteroatoms. The maximum Gasteiger partial charge on any atom is 0.220 e. The predicted molar refractivity (Wildman–Crippen MR) is 94.7 cm³/mol. The fraction of sp³-hybridized carbons (Fsp3) is 0.529. The summed E-state index contributed by atoms with van der Waals surface area (Å²) >= 11 is 0. The molecule has 0 spiro atoms. The van der Waals surface area contributed by atoms with Crippen LogP contribution in [0.3, 0.4) is 0 Å². The number of ether oxygens (including phenoxy) is 1. The van der Waals surface area contributed by atoms with Crippen LogP contribution >= 0.6 is 0 Å². The van der Waals surface area contributed by atoms with Crippen molar-refractivity contribution in [2.75, 3.05) is 32.8 Å². The van der Waals surface area contributed by atoms with E-state index in [0.29, 0.717) is 5.73 Å². The van der Waals surface area contributed by atoms with Crippen molar-refractivity contribution in [2.45, 2.75) is 25.0 Å². The van der Waals surface area contributed by atoms with E-state index in [1.165, 1.54) is 12.8 Å². The molecule has 0 aromatic carbocycles. The molecule has 1 atom stereocenters. The highest BCUT2D eigenvalue weighted by atomic mass is 28.3. The summed E-state index contributed by atoms with van der Waals surface area (Å²) in [6.07, 6.45) is 11.5. The first-order chi connectivity index (χ1) is 10.3. The van der Waals surface area contributed by atoms with Crippen molar-refractivity contribution in [3.8, 4) is 0 Å². The Balaban J connectivity index is 2.97. The Morgan fingerprint density at radius 3 is 1.67 bits per heavy atom. The van der Waals surface area contributed by atoms with Crippen LogP contribution in [0.1, 0.15) is 19.3 Å². The lowest BCUT2D eigenvalue weighted by Crippen LogP contribution is -2.61. The van der Waals surface area contributed by atoms with E-state index in [1.807, 2.05) is 24.3 Å². The maximum atomic E-state index is 6.13. The van der Waals surface area contributed by atoms with Crippen molar-refractivity contribution in [3.63, 3.8) is 0 Å². The van der Waals surface area contributed by atoms with Crippen LogP contribution in [0.5, 0.6) is 0 Å². The molecule has 118 valence electrons. The molecule has 1 heterocycles. The van der Waals surface area contributed by atoms with Gasteiger partial charge in [-0.25, -0.2) is 0 Å². The average Bonchev–Trinajstić information content (AvgIpc) is 2.49. The minimum Gasteiger partial charge on any atom is -0.379 e. The highest BCUT2D eigenvalue weighted by molar-refractivity contribution is 6.54. The highest BCUT2D eigenvalue weighted by Gasteiger charge is 2.35. The zero-order valence-corrected chi connectivity index (χ0v) is 14.4. The van der Waals surface area contributed by atoms with Crippen LogP contribution in [0.25, 0.3) is 0 Å². The van der Waals surface area contributed by atoms with E-state index in [-0.39, 0.29) is 0 Å². The molecule has 1 rings (SSSR count). The minimum atomic E-state index is -1.46. The van der Waals surface area contributed by atoms with Gasteiger partial charge in [-0.1, -0.05) is 24.3 Å². The molecule has 1 aliphatic rings. The fourth-order valence-corrected chi connectivity index (χ4v) is 6.65. The summed E-state index contributed by atoms with van der Waals surface area (Å²) in [6, 6.07) is 0. The molecule has 0 saturated carbocycles. The first-order valence-corrected chi connectivity index (χ1v) is 9.51.